The molecule has 0 aromatic heterocycles. The Morgan fingerprint density at radius 3 is 2.73 bits per heavy atom. The Morgan fingerprint density at radius 2 is 1.86 bits per heavy atom. The Balaban J connectivity index is 1.77. The molecule has 22 heavy (non-hydrogen) atoms. The van der Waals surface area contributed by atoms with E-state index in [0.29, 0.717) is 12.2 Å². The number of fused-ring (bicyclic) bond motifs is 2. The topological polar surface area (TPSA) is 75.3 Å². The van der Waals surface area contributed by atoms with Gasteiger partial charge in [-0.05, 0) is 35.4 Å². The summed E-state index contributed by atoms with van der Waals surface area (Å²) in [6.07, 6.45) is 0.234. The molecule has 2 heterocycles. The van der Waals surface area contributed by atoms with E-state index in [1.165, 1.54) is 0 Å². The first-order valence-corrected chi connectivity index (χ1v) is 8.60. The summed E-state index contributed by atoms with van der Waals surface area (Å²) in [4.78, 5) is 11.7. The molecular weight excluding hydrogens is 300 g/mol. The molecule has 5 nitrogen and oxygen atoms in total. The Kier molecular flexibility index (Phi) is 2.77. The average molecular weight is 314 g/mol. The summed E-state index contributed by atoms with van der Waals surface area (Å²) in [5.41, 5.74) is 3.12. The maximum absolute atomic E-state index is 12.9. The van der Waals surface area contributed by atoms with Crippen LogP contribution in [0.4, 0.5) is 11.4 Å². The molecule has 112 valence electrons. The molecule has 1 amide bonds. The second-order valence-corrected chi connectivity index (χ2v) is 7.68. The standard InChI is InChI=1S/C16H14N2O3S/c19-16-8-10-7-11(5-6-13(10)18-16)22(20,21)15-9-17-14-4-2-1-3-12(14)15/h1-7,15,17H,8-9H2,(H,18,19). The highest BCUT2D eigenvalue weighted by Crippen LogP contribution is 2.39. The van der Waals surface area contributed by atoms with Crippen LogP contribution in [0.25, 0.3) is 0 Å². The normalized spacial score (nSPS) is 19.3. The number of sulfone groups is 1. The minimum absolute atomic E-state index is 0.0996. The van der Waals surface area contributed by atoms with E-state index in [2.05, 4.69) is 10.6 Å². The van der Waals surface area contributed by atoms with Crippen molar-refractivity contribution in [1.82, 2.24) is 0 Å². The van der Waals surface area contributed by atoms with Crippen LogP contribution in [0.2, 0.25) is 0 Å². The zero-order valence-electron chi connectivity index (χ0n) is 11.7. The predicted molar refractivity (Wildman–Crippen MR) is 83.6 cm³/mol. The number of hydrogen-bond donors (Lipinski definition) is 2. The lowest BCUT2D eigenvalue weighted by molar-refractivity contribution is -0.115. The lowest BCUT2D eigenvalue weighted by Crippen LogP contribution is -2.15. The van der Waals surface area contributed by atoms with Crippen LogP contribution in [0.5, 0.6) is 0 Å². The largest absolute Gasteiger partial charge is 0.383 e. The SMILES string of the molecule is O=C1Cc2cc(S(=O)(=O)C3CNc4ccccc43)ccc2N1. The van der Waals surface area contributed by atoms with Gasteiger partial charge >= 0.3 is 0 Å². The maximum Gasteiger partial charge on any atom is 0.228 e. The Morgan fingerprint density at radius 1 is 1.05 bits per heavy atom. The number of benzene rings is 2. The van der Waals surface area contributed by atoms with Gasteiger partial charge in [0.05, 0.1) is 11.3 Å². The van der Waals surface area contributed by atoms with Gasteiger partial charge < -0.3 is 10.6 Å². The van der Waals surface area contributed by atoms with Gasteiger partial charge in [-0.1, -0.05) is 18.2 Å². The average Bonchev–Trinajstić information content (AvgIpc) is 3.08. The molecule has 0 saturated carbocycles. The highest BCUT2D eigenvalue weighted by molar-refractivity contribution is 7.91. The number of rotatable bonds is 2. The van der Waals surface area contributed by atoms with Crippen LogP contribution in [-0.4, -0.2) is 20.9 Å². The smallest absolute Gasteiger partial charge is 0.228 e. The van der Waals surface area contributed by atoms with Gasteiger partial charge in [0.2, 0.25) is 5.91 Å². The fourth-order valence-corrected chi connectivity index (χ4v) is 4.81. The van der Waals surface area contributed by atoms with Crippen molar-refractivity contribution in [1.29, 1.82) is 0 Å². The molecule has 1 atom stereocenters. The van der Waals surface area contributed by atoms with Crippen molar-refractivity contribution in [3.8, 4) is 0 Å². The van der Waals surface area contributed by atoms with Gasteiger partial charge in [-0.3, -0.25) is 4.79 Å². The molecule has 2 aliphatic rings. The summed E-state index contributed by atoms with van der Waals surface area (Å²) in [7, 11) is -3.49. The Labute approximate surface area is 128 Å². The molecule has 0 fully saturated rings. The summed E-state index contributed by atoms with van der Waals surface area (Å²) in [5.74, 6) is -0.0996. The van der Waals surface area contributed by atoms with Crippen molar-refractivity contribution < 1.29 is 13.2 Å². The van der Waals surface area contributed by atoms with E-state index >= 15 is 0 Å². The lowest BCUT2D eigenvalue weighted by Gasteiger charge is -2.13. The molecule has 0 aliphatic carbocycles. The molecule has 2 aliphatic heterocycles. The molecule has 0 saturated heterocycles. The maximum atomic E-state index is 12.9. The first-order valence-electron chi connectivity index (χ1n) is 7.05. The summed E-state index contributed by atoms with van der Waals surface area (Å²) >= 11 is 0. The van der Waals surface area contributed by atoms with Gasteiger partial charge in [-0.25, -0.2) is 8.42 Å². The van der Waals surface area contributed by atoms with E-state index in [-0.39, 0.29) is 17.2 Å². The van der Waals surface area contributed by atoms with E-state index in [1.54, 1.807) is 18.2 Å². The molecule has 2 aromatic carbocycles. The Bertz CT molecular complexity index is 890. The molecular formula is C16H14N2O3S. The van der Waals surface area contributed by atoms with Crippen LogP contribution in [-0.2, 0) is 21.1 Å². The molecule has 2 N–H and O–H groups in total. The van der Waals surface area contributed by atoms with Crippen LogP contribution in [0, 0.1) is 0 Å². The van der Waals surface area contributed by atoms with Crippen molar-refractivity contribution in [3.05, 3.63) is 53.6 Å². The zero-order valence-corrected chi connectivity index (χ0v) is 12.5. The van der Waals surface area contributed by atoms with Crippen LogP contribution in [0.1, 0.15) is 16.4 Å². The third kappa shape index (κ3) is 1.91. The monoisotopic (exact) mass is 314 g/mol. The van der Waals surface area contributed by atoms with Crippen molar-refractivity contribution in [2.75, 3.05) is 17.2 Å². The highest BCUT2D eigenvalue weighted by Gasteiger charge is 2.35. The minimum Gasteiger partial charge on any atom is -0.383 e. The van der Waals surface area contributed by atoms with Crippen molar-refractivity contribution >= 4 is 27.1 Å². The quantitative estimate of drug-likeness (QED) is 0.890. The number of hydrogen-bond acceptors (Lipinski definition) is 4. The van der Waals surface area contributed by atoms with Gasteiger partial charge in [-0.2, -0.15) is 0 Å². The number of para-hydroxylation sites is 1. The second-order valence-electron chi connectivity index (χ2n) is 5.55. The van der Waals surface area contributed by atoms with E-state index in [1.807, 2.05) is 24.3 Å². The lowest BCUT2D eigenvalue weighted by atomic mass is 10.2. The Hall–Kier alpha value is -2.34. The third-order valence-electron chi connectivity index (χ3n) is 4.19. The van der Waals surface area contributed by atoms with Crippen LogP contribution in [0.3, 0.4) is 0 Å². The molecule has 0 radical (unpaired) electrons. The van der Waals surface area contributed by atoms with E-state index in [4.69, 9.17) is 0 Å². The number of amides is 1. The third-order valence-corrected chi connectivity index (χ3v) is 6.27. The molecule has 0 spiro atoms. The van der Waals surface area contributed by atoms with Gasteiger partial charge in [-0.15, -0.1) is 0 Å². The molecule has 6 heteroatoms. The van der Waals surface area contributed by atoms with Crippen molar-refractivity contribution in [2.45, 2.75) is 16.6 Å². The molecule has 1 unspecified atom stereocenters. The fraction of sp³-hybridized carbons (Fsp3) is 0.188. The molecule has 0 bridgehead atoms. The van der Waals surface area contributed by atoms with Gasteiger partial charge in [0.25, 0.3) is 0 Å². The van der Waals surface area contributed by atoms with Gasteiger partial charge in [0, 0.05) is 17.9 Å². The number of anilines is 2. The van der Waals surface area contributed by atoms with E-state index < -0.39 is 15.1 Å². The molecule has 4 rings (SSSR count). The van der Waals surface area contributed by atoms with Gasteiger partial charge in [0.15, 0.2) is 9.84 Å². The first kappa shape index (κ1) is 13.3. The van der Waals surface area contributed by atoms with Crippen LogP contribution >= 0.6 is 0 Å². The van der Waals surface area contributed by atoms with Crippen molar-refractivity contribution in [2.24, 2.45) is 0 Å². The van der Waals surface area contributed by atoms with Crippen molar-refractivity contribution in [3.63, 3.8) is 0 Å². The summed E-state index contributed by atoms with van der Waals surface area (Å²) in [5, 5.41) is 5.26. The van der Waals surface area contributed by atoms with Crippen LogP contribution < -0.4 is 10.6 Å². The van der Waals surface area contributed by atoms with E-state index in [0.717, 1.165) is 16.8 Å². The zero-order chi connectivity index (χ0) is 15.3. The minimum atomic E-state index is -3.49. The summed E-state index contributed by atoms with van der Waals surface area (Å²) in [6.45, 7) is 0.371. The van der Waals surface area contributed by atoms with Crippen LogP contribution in [0.15, 0.2) is 47.4 Å². The molecule has 2 aromatic rings. The predicted octanol–water partition coefficient (Wildman–Crippen LogP) is 2.12. The summed E-state index contributed by atoms with van der Waals surface area (Å²) < 4.78 is 25.9. The van der Waals surface area contributed by atoms with Gasteiger partial charge in [0.1, 0.15) is 5.25 Å². The number of carbonyl (C=O) groups is 1. The first-order chi connectivity index (χ1) is 10.6. The van der Waals surface area contributed by atoms with E-state index in [9.17, 15) is 13.2 Å². The second kappa shape index (κ2) is 4.58. The highest BCUT2D eigenvalue weighted by atomic mass is 32.2. The number of nitrogens with one attached hydrogen (secondary N) is 2. The number of carbonyl (C=O) groups excluding carboxylic acids is 1. The fourth-order valence-electron chi connectivity index (χ4n) is 3.08. The summed E-state index contributed by atoms with van der Waals surface area (Å²) in [6, 6.07) is 12.3.